The zero-order valence-electron chi connectivity index (χ0n) is 31.4. The highest BCUT2D eigenvalue weighted by molar-refractivity contribution is 5.83. The van der Waals surface area contributed by atoms with Crippen LogP contribution >= 0.6 is 0 Å². The summed E-state index contributed by atoms with van der Waals surface area (Å²) in [5.74, 6) is -0.330. The topological polar surface area (TPSA) is 178 Å². The molecule has 7 N–H and O–H groups in total. The number of rotatable bonds is 23. The summed E-state index contributed by atoms with van der Waals surface area (Å²) >= 11 is 0. The van der Waals surface area contributed by atoms with E-state index in [0.29, 0.717) is 44.0 Å². The van der Waals surface area contributed by atoms with Crippen molar-refractivity contribution in [1.29, 1.82) is 0 Å². The number of esters is 1. The van der Waals surface area contributed by atoms with Crippen LogP contribution in [0.15, 0.2) is 48.5 Å². The van der Waals surface area contributed by atoms with Crippen molar-refractivity contribution in [3.05, 3.63) is 59.7 Å². The van der Waals surface area contributed by atoms with Crippen LogP contribution in [0, 0.1) is 29.1 Å². The number of primary amides is 1. The molecule has 2 amide bonds. The van der Waals surface area contributed by atoms with Crippen LogP contribution in [0.4, 0.5) is 0 Å². The summed E-state index contributed by atoms with van der Waals surface area (Å²) in [6, 6.07) is 13.9. The minimum atomic E-state index is -0.926. The lowest BCUT2D eigenvalue weighted by Gasteiger charge is -2.33. The van der Waals surface area contributed by atoms with Crippen molar-refractivity contribution in [2.75, 3.05) is 34.0 Å². The molecule has 0 fully saturated rings. The molecule has 0 aliphatic rings. The highest BCUT2D eigenvalue weighted by Gasteiger charge is 2.35. The monoisotopic (exact) mass is 698 g/mol. The second-order valence-electron chi connectivity index (χ2n) is 14.6. The Kier molecular flexibility index (Phi) is 17.7. The quantitative estimate of drug-likeness (QED) is 0.0967. The second kappa shape index (κ2) is 20.9. The lowest BCUT2D eigenvalue weighted by Crippen LogP contribution is -2.48. The van der Waals surface area contributed by atoms with Gasteiger partial charge in [-0.2, -0.15) is 0 Å². The number of hydrogen-bond donors (Lipinski definition) is 4. The van der Waals surface area contributed by atoms with Crippen molar-refractivity contribution in [2.24, 2.45) is 46.3 Å². The van der Waals surface area contributed by atoms with E-state index in [1.54, 1.807) is 28.1 Å². The van der Waals surface area contributed by atoms with E-state index in [1.807, 2.05) is 62.4 Å². The Morgan fingerprint density at radius 2 is 1.52 bits per heavy atom. The molecular formula is C39H62N4O7. The maximum Gasteiger partial charge on any atom is 0.323 e. The lowest BCUT2D eigenvalue weighted by molar-refractivity contribution is -0.154. The summed E-state index contributed by atoms with van der Waals surface area (Å²) in [7, 11) is 3.27. The predicted octanol–water partition coefficient (Wildman–Crippen LogP) is 4.41. The van der Waals surface area contributed by atoms with Gasteiger partial charge in [-0.25, -0.2) is 0 Å². The van der Waals surface area contributed by atoms with Crippen molar-refractivity contribution in [1.82, 2.24) is 5.32 Å². The average Bonchev–Trinajstić information content (AvgIpc) is 3.07. The number of carbonyl (C=O) groups excluding carboxylic acids is 3. The fourth-order valence-electron chi connectivity index (χ4n) is 5.70. The number of carbonyl (C=O) groups is 3. The molecule has 5 atom stereocenters. The van der Waals surface area contributed by atoms with Gasteiger partial charge in [-0.1, -0.05) is 64.1 Å². The van der Waals surface area contributed by atoms with Crippen molar-refractivity contribution >= 4 is 17.8 Å². The van der Waals surface area contributed by atoms with Gasteiger partial charge in [0.25, 0.3) is 0 Å². The lowest BCUT2D eigenvalue weighted by atomic mass is 9.80. The van der Waals surface area contributed by atoms with Crippen LogP contribution in [0.2, 0.25) is 0 Å². The predicted molar refractivity (Wildman–Crippen MR) is 197 cm³/mol. The Morgan fingerprint density at radius 3 is 2.10 bits per heavy atom. The molecule has 0 radical (unpaired) electrons. The fourth-order valence-corrected chi connectivity index (χ4v) is 5.70. The zero-order valence-corrected chi connectivity index (χ0v) is 31.4. The van der Waals surface area contributed by atoms with E-state index in [4.69, 9.17) is 36.1 Å². The summed E-state index contributed by atoms with van der Waals surface area (Å²) in [5.41, 5.74) is 19.9. The smallest absolute Gasteiger partial charge is 0.323 e. The van der Waals surface area contributed by atoms with E-state index >= 15 is 0 Å². The molecule has 0 bridgehead atoms. The number of amides is 2. The SMILES string of the molecule is COCCCOc1cc(C[C@@H](C[C@H](N)[C@H](C[C@H](C(=O)NCC(C)(C)C(N)=O)C(C)C)OC(=O)[C@@H](N)Cc2ccccc2)C(C)C)ccc1OC. The third kappa shape index (κ3) is 13.9. The van der Waals surface area contributed by atoms with Crippen molar-refractivity contribution in [3.8, 4) is 11.5 Å². The van der Waals surface area contributed by atoms with E-state index in [2.05, 4.69) is 19.2 Å². The minimum absolute atomic E-state index is 0.0816. The molecule has 0 aliphatic carbocycles. The summed E-state index contributed by atoms with van der Waals surface area (Å²) in [4.78, 5) is 38.9. The molecule has 50 heavy (non-hydrogen) atoms. The summed E-state index contributed by atoms with van der Waals surface area (Å²) in [5, 5.41) is 2.89. The molecular weight excluding hydrogens is 636 g/mol. The van der Waals surface area contributed by atoms with Crippen LogP contribution < -0.4 is 32.0 Å². The van der Waals surface area contributed by atoms with Crippen LogP contribution in [0.5, 0.6) is 11.5 Å². The largest absolute Gasteiger partial charge is 0.493 e. The Labute approximate surface area is 299 Å². The maximum atomic E-state index is 13.5. The van der Waals surface area contributed by atoms with Gasteiger partial charge in [-0.05, 0) is 80.5 Å². The number of nitrogens with two attached hydrogens (primary N) is 3. The molecule has 0 aliphatic heterocycles. The molecule has 0 unspecified atom stereocenters. The van der Waals surface area contributed by atoms with E-state index in [0.717, 1.165) is 17.5 Å². The molecule has 0 aromatic heterocycles. The van der Waals surface area contributed by atoms with Crippen molar-refractivity contribution in [2.45, 2.75) is 91.8 Å². The van der Waals surface area contributed by atoms with Crippen LogP contribution in [0.1, 0.15) is 71.9 Å². The van der Waals surface area contributed by atoms with Crippen LogP contribution in [-0.4, -0.2) is 69.9 Å². The zero-order chi connectivity index (χ0) is 37.4. The average molecular weight is 699 g/mol. The van der Waals surface area contributed by atoms with Crippen LogP contribution in [0.25, 0.3) is 0 Å². The first-order chi connectivity index (χ1) is 23.6. The first-order valence-corrected chi connectivity index (χ1v) is 17.7. The molecule has 2 rings (SSSR count). The second-order valence-corrected chi connectivity index (χ2v) is 14.6. The molecule has 0 saturated carbocycles. The Balaban J connectivity index is 2.32. The van der Waals surface area contributed by atoms with Gasteiger partial charge in [0.2, 0.25) is 11.8 Å². The number of hydrogen-bond acceptors (Lipinski definition) is 9. The highest BCUT2D eigenvalue weighted by atomic mass is 16.5. The van der Waals surface area contributed by atoms with Crippen molar-refractivity contribution < 1.29 is 33.3 Å². The molecule has 0 saturated heterocycles. The van der Waals surface area contributed by atoms with Gasteiger partial charge in [0.05, 0.1) is 19.1 Å². The first kappa shape index (κ1) is 42.5. The molecule has 280 valence electrons. The van der Waals surface area contributed by atoms with Gasteiger partial charge in [-0.15, -0.1) is 0 Å². The van der Waals surface area contributed by atoms with Gasteiger partial charge in [0, 0.05) is 38.6 Å². The van der Waals surface area contributed by atoms with Gasteiger partial charge in [0.15, 0.2) is 11.5 Å². The molecule has 0 spiro atoms. The Morgan fingerprint density at radius 1 is 0.840 bits per heavy atom. The van der Waals surface area contributed by atoms with E-state index in [9.17, 15) is 14.4 Å². The number of benzene rings is 2. The fraction of sp³-hybridized carbons (Fsp3) is 0.615. The normalized spacial score (nSPS) is 14.8. The number of ether oxygens (including phenoxy) is 4. The summed E-state index contributed by atoms with van der Waals surface area (Å²) in [6.45, 7) is 12.7. The van der Waals surface area contributed by atoms with Crippen LogP contribution in [0.3, 0.4) is 0 Å². The number of nitrogens with one attached hydrogen (secondary N) is 1. The minimum Gasteiger partial charge on any atom is -0.493 e. The summed E-state index contributed by atoms with van der Waals surface area (Å²) < 4.78 is 22.8. The van der Waals surface area contributed by atoms with Gasteiger partial charge in [0.1, 0.15) is 12.1 Å². The first-order valence-electron chi connectivity index (χ1n) is 17.7. The molecule has 0 heterocycles. The molecule has 2 aromatic rings. The van der Waals surface area contributed by atoms with Gasteiger partial charge < -0.3 is 41.5 Å². The van der Waals surface area contributed by atoms with E-state index in [-0.39, 0.29) is 36.6 Å². The molecule has 11 nitrogen and oxygen atoms in total. The molecule has 2 aromatic carbocycles. The Hall–Kier alpha value is -3.67. The standard InChI is InChI=1S/C39H62N4O7/c1-25(2)29(19-28-15-16-33(48-8)35(21-28)49-18-12-17-47-7)22-31(40)34(50-37(45)32(41)20-27-13-10-9-11-14-27)23-30(26(3)4)36(44)43-24-39(5,6)38(42)46/h9-11,13-16,21,25-26,29-32,34H,12,17-20,22-24,40-41H2,1-8H3,(H2,42,46)(H,43,44)/t29-,30-,31-,32-,34-/m0/s1. The third-order valence-corrected chi connectivity index (χ3v) is 9.34. The third-order valence-electron chi connectivity index (χ3n) is 9.34. The van der Waals surface area contributed by atoms with E-state index in [1.165, 1.54) is 0 Å². The number of methoxy groups -OCH3 is 2. The molecule has 11 heteroatoms. The van der Waals surface area contributed by atoms with Crippen LogP contribution in [-0.2, 0) is 36.7 Å². The maximum absolute atomic E-state index is 13.5. The van der Waals surface area contributed by atoms with E-state index < -0.39 is 41.4 Å². The van der Waals surface area contributed by atoms with Gasteiger partial charge in [-0.3, -0.25) is 14.4 Å². The highest BCUT2D eigenvalue weighted by Crippen LogP contribution is 2.32. The van der Waals surface area contributed by atoms with Crippen molar-refractivity contribution in [3.63, 3.8) is 0 Å². The van der Waals surface area contributed by atoms with Gasteiger partial charge >= 0.3 is 5.97 Å². The summed E-state index contributed by atoms with van der Waals surface area (Å²) in [6.07, 6.45) is 1.69. The Bertz CT molecular complexity index is 1330.